The maximum absolute atomic E-state index is 5.86. The summed E-state index contributed by atoms with van der Waals surface area (Å²) in [6.07, 6.45) is 1.09. The Morgan fingerprint density at radius 3 is 2.19 bits per heavy atom. The number of rotatable bonds is 10. The number of hydrogen-bond donors (Lipinski definition) is 1. The molecule has 0 atom stereocenters. The molecule has 0 amide bonds. The van der Waals surface area contributed by atoms with Crippen LogP contribution in [0.25, 0.3) is 0 Å². The van der Waals surface area contributed by atoms with E-state index in [9.17, 15) is 0 Å². The minimum atomic E-state index is 0.540. The van der Waals surface area contributed by atoms with Crippen LogP contribution >= 0.6 is 0 Å². The van der Waals surface area contributed by atoms with Crippen molar-refractivity contribution in [2.75, 3.05) is 52.5 Å². The standard InChI is InChI=1S/C22H31N3O2/c23-10-5-11-24-12-14-25(15-13-24)19-20-6-4-9-22(18-20)27-17-16-26-21-7-2-1-3-8-21/h1-4,6-9,18H,5,10-17,19,23H2. The summed E-state index contributed by atoms with van der Waals surface area (Å²) >= 11 is 0. The summed E-state index contributed by atoms with van der Waals surface area (Å²) in [5, 5.41) is 0. The number of hydrogen-bond acceptors (Lipinski definition) is 5. The van der Waals surface area contributed by atoms with Crippen LogP contribution in [-0.2, 0) is 6.54 Å². The lowest BCUT2D eigenvalue weighted by molar-refractivity contribution is 0.126. The maximum Gasteiger partial charge on any atom is 0.122 e. The Morgan fingerprint density at radius 2 is 1.44 bits per heavy atom. The van der Waals surface area contributed by atoms with E-state index >= 15 is 0 Å². The van der Waals surface area contributed by atoms with Crippen LogP contribution < -0.4 is 15.2 Å². The van der Waals surface area contributed by atoms with Gasteiger partial charge in [0.25, 0.3) is 0 Å². The van der Waals surface area contributed by atoms with Gasteiger partial charge in [-0.25, -0.2) is 0 Å². The van der Waals surface area contributed by atoms with Gasteiger partial charge >= 0.3 is 0 Å². The van der Waals surface area contributed by atoms with Gasteiger partial charge in [-0.1, -0.05) is 30.3 Å². The van der Waals surface area contributed by atoms with E-state index < -0.39 is 0 Å². The van der Waals surface area contributed by atoms with Crippen molar-refractivity contribution in [2.24, 2.45) is 5.73 Å². The highest BCUT2D eigenvalue weighted by atomic mass is 16.5. The fraction of sp³-hybridized carbons (Fsp3) is 0.455. The van der Waals surface area contributed by atoms with Gasteiger partial charge in [-0.3, -0.25) is 4.90 Å². The molecule has 1 aliphatic heterocycles. The van der Waals surface area contributed by atoms with Crippen molar-refractivity contribution >= 4 is 0 Å². The van der Waals surface area contributed by atoms with Gasteiger partial charge in [0, 0.05) is 32.7 Å². The van der Waals surface area contributed by atoms with Gasteiger partial charge in [-0.15, -0.1) is 0 Å². The van der Waals surface area contributed by atoms with Crippen LogP contribution in [0, 0.1) is 0 Å². The summed E-state index contributed by atoms with van der Waals surface area (Å²) in [5.41, 5.74) is 6.90. The second kappa shape index (κ2) is 10.9. The molecule has 146 valence electrons. The van der Waals surface area contributed by atoms with Gasteiger partial charge in [0.15, 0.2) is 0 Å². The molecule has 1 fully saturated rings. The van der Waals surface area contributed by atoms with E-state index in [4.69, 9.17) is 15.2 Å². The molecular weight excluding hydrogens is 338 g/mol. The molecule has 0 bridgehead atoms. The van der Waals surface area contributed by atoms with E-state index in [0.717, 1.165) is 63.7 Å². The molecule has 2 N–H and O–H groups in total. The molecular formula is C22H31N3O2. The summed E-state index contributed by atoms with van der Waals surface area (Å²) in [6, 6.07) is 18.2. The Kier molecular flexibility index (Phi) is 7.96. The molecule has 0 aromatic heterocycles. The SMILES string of the molecule is NCCCN1CCN(Cc2cccc(OCCOc3ccccc3)c2)CC1. The predicted molar refractivity (Wildman–Crippen MR) is 109 cm³/mol. The first-order valence-corrected chi connectivity index (χ1v) is 9.88. The molecule has 0 spiro atoms. The minimum Gasteiger partial charge on any atom is -0.490 e. The van der Waals surface area contributed by atoms with Gasteiger partial charge < -0.3 is 20.1 Å². The van der Waals surface area contributed by atoms with Crippen molar-refractivity contribution in [1.29, 1.82) is 0 Å². The second-order valence-electron chi connectivity index (χ2n) is 6.92. The fourth-order valence-corrected chi connectivity index (χ4v) is 3.31. The number of nitrogens with two attached hydrogens (primary N) is 1. The van der Waals surface area contributed by atoms with Crippen molar-refractivity contribution in [3.05, 3.63) is 60.2 Å². The van der Waals surface area contributed by atoms with Crippen molar-refractivity contribution in [3.8, 4) is 11.5 Å². The maximum atomic E-state index is 5.86. The molecule has 3 rings (SSSR count). The molecule has 5 nitrogen and oxygen atoms in total. The zero-order valence-electron chi connectivity index (χ0n) is 16.1. The van der Waals surface area contributed by atoms with Crippen molar-refractivity contribution in [3.63, 3.8) is 0 Å². The highest BCUT2D eigenvalue weighted by Gasteiger charge is 2.16. The van der Waals surface area contributed by atoms with Gasteiger partial charge in [0.1, 0.15) is 24.7 Å². The zero-order chi connectivity index (χ0) is 18.7. The molecule has 0 radical (unpaired) electrons. The van der Waals surface area contributed by atoms with E-state index in [2.05, 4.69) is 28.0 Å². The van der Waals surface area contributed by atoms with Crippen LogP contribution in [0.4, 0.5) is 0 Å². The quantitative estimate of drug-likeness (QED) is 0.653. The van der Waals surface area contributed by atoms with E-state index in [-0.39, 0.29) is 0 Å². The van der Waals surface area contributed by atoms with Crippen LogP contribution in [0.1, 0.15) is 12.0 Å². The fourth-order valence-electron chi connectivity index (χ4n) is 3.31. The first-order chi connectivity index (χ1) is 13.3. The van der Waals surface area contributed by atoms with Crippen LogP contribution in [0.5, 0.6) is 11.5 Å². The summed E-state index contributed by atoms with van der Waals surface area (Å²) < 4.78 is 11.5. The number of para-hydroxylation sites is 1. The largest absolute Gasteiger partial charge is 0.490 e. The Balaban J connectivity index is 1.38. The Labute approximate surface area is 162 Å². The zero-order valence-corrected chi connectivity index (χ0v) is 16.1. The van der Waals surface area contributed by atoms with E-state index in [0.29, 0.717) is 13.2 Å². The number of piperazine rings is 1. The van der Waals surface area contributed by atoms with Crippen LogP contribution in [0.15, 0.2) is 54.6 Å². The van der Waals surface area contributed by atoms with Crippen molar-refractivity contribution in [2.45, 2.75) is 13.0 Å². The molecule has 0 unspecified atom stereocenters. The lowest BCUT2D eigenvalue weighted by atomic mass is 10.2. The summed E-state index contributed by atoms with van der Waals surface area (Å²) in [5.74, 6) is 1.78. The predicted octanol–water partition coefficient (Wildman–Crippen LogP) is 2.61. The first kappa shape index (κ1) is 19.7. The van der Waals surface area contributed by atoms with E-state index in [1.807, 2.05) is 36.4 Å². The van der Waals surface area contributed by atoms with E-state index in [1.165, 1.54) is 5.56 Å². The molecule has 2 aromatic rings. The molecule has 1 saturated heterocycles. The van der Waals surface area contributed by atoms with Crippen LogP contribution in [0.2, 0.25) is 0 Å². The average molecular weight is 370 g/mol. The topological polar surface area (TPSA) is 51.0 Å². The minimum absolute atomic E-state index is 0.540. The molecule has 5 heteroatoms. The first-order valence-electron chi connectivity index (χ1n) is 9.88. The Hall–Kier alpha value is -2.08. The van der Waals surface area contributed by atoms with Crippen molar-refractivity contribution in [1.82, 2.24) is 9.80 Å². The molecule has 1 aliphatic rings. The molecule has 0 aliphatic carbocycles. The van der Waals surface area contributed by atoms with E-state index in [1.54, 1.807) is 0 Å². The molecule has 0 saturated carbocycles. The highest BCUT2D eigenvalue weighted by Crippen LogP contribution is 2.16. The lowest BCUT2D eigenvalue weighted by Gasteiger charge is -2.34. The summed E-state index contributed by atoms with van der Waals surface area (Å²) in [4.78, 5) is 5.02. The summed E-state index contributed by atoms with van der Waals surface area (Å²) in [6.45, 7) is 8.45. The van der Waals surface area contributed by atoms with Crippen LogP contribution in [-0.4, -0.2) is 62.3 Å². The second-order valence-corrected chi connectivity index (χ2v) is 6.92. The molecule has 2 aromatic carbocycles. The molecule has 1 heterocycles. The molecule has 27 heavy (non-hydrogen) atoms. The average Bonchev–Trinajstić information content (AvgIpc) is 2.72. The van der Waals surface area contributed by atoms with Gasteiger partial charge in [0.05, 0.1) is 0 Å². The van der Waals surface area contributed by atoms with Crippen molar-refractivity contribution < 1.29 is 9.47 Å². The normalized spacial score (nSPS) is 15.6. The smallest absolute Gasteiger partial charge is 0.122 e. The number of ether oxygens (including phenoxy) is 2. The monoisotopic (exact) mass is 369 g/mol. The third-order valence-electron chi connectivity index (χ3n) is 4.81. The Morgan fingerprint density at radius 1 is 0.778 bits per heavy atom. The highest BCUT2D eigenvalue weighted by molar-refractivity contribution is 5.28. The van der Waals surface area contributed by atoms with Crippen LogP contribution in [0.3, 0.4) is 0 Å². The third-order valence-corrected chi connectivity index (χ3v) is 4.81. The third kappa shape index (κ3) is 6.86. The summed E-state index contributed by atoms with van der Waals surface area (Å²) in [7, 11) is 0. The van der Waals surface area contributed by atoms with Gasteiger partial charge in [-0.05, 0) is 49.3 Å². The number of nitrogens with zero attached hydrogens (tertiary/aromatic N) is 2. The Bertz CT molecular complexity index is 658. The van der Waals surface area contributed by atoms with Gasteiger partial charge in [0.2, 0.25) is 0 Å². The lowest BCUT2D eigenvalue weighted by Crippen LogP contribution is -2.46. The van der Waals surface area contributed by atoms with Gasteiger partial charge in [-0.2, -0.15) is 0 Å². The number of benzene rings is 2.